The van der Waals surface area contributed by atoms with E-state index in [4.69, 9.17) is 11.6 Å². The van der Waals surface area contributed by atoms with Gasteiger partial charge in [-0.3, -0.25) is 14.6 Å². The van der Waals surface area contributed by atoms with E-state index in [-0.39, 0.29) is 11.8 Å². The number of carbonyl (C=O) groups is 1. The first kappa shape index (κ1) is 24.1. The molecule has 1 amide bonds. The number of rotatable bonds is 7. The highest BCUT2D eigenvalue weighted by molar-refractivity contribution is 6.31. The summed E-state index contributed by atoms with van der Waals surface area (Å²) in [4.78, 5) is 17.8. The maximum Gasteiger partial charge on any atom is 0.224 e. The molecule has 5 heteroatoms. The molecule has 0 spiro atoms. The number of nitrogens with one attached hydrogen (secondary N) is 1. The Labute approximate surface area is 213 Å². The van der Waals surface area contributed by atoms with Crippen LogP contribution in [0.3, 0.4) is 0 Å². The predicted octanol–water partition coefficient (Wildman–Crippen LogP) is 5.43. The lowest BCUT2D eigenvalue weighted by atomic mass is 9.96. The number of carbonyl (C=O) groups excluding carboxylic acids is 1. The first-order valence-corrected chi connectivity index (χ1v) is 13.1. The molecule has 0 aromatic heterocycles. The van der Waals surface area contributed by atoms with Gasteiger partial charge in [-0.25, -0.2) is 0 Å². The van der Waals surface area contributed by atoms with Crippen LogP contribution in [0.25, 0.3) is 0 Å². The van der Waals surface area contributed by atoms with E-state index in [0.717, 1.165) is 74.7 Å². The zero-order chi connectivity index (χ0) is 24.0. The van der Waals surface area contributed by atoms with Crippen molar-refractivity contribution in [2.24, 2.45) is 5.92 Å². The van der Waals surface area contributed by atoms with Crippen molar-refractivity contribution in [2.45, 2.75) is 45.4 Å². The summed E-state index contributed by atoms with van der Waals surface area (Å²) in [5.74, 6) is 0.192. The van der Waals surface area contributed by atoms with E-state index in [1.807, 2.05) is 18.2 Å². The van der Waals surface area contributed by atoms with Gasteiger partial charge >= 0.3 is 0 Å². The van der Waals surface area contributed by atoms with Crippen LogP contribution in [-0.4, -0.2) is 35.3 Å². The highest BCUT2D eigenvalue weighted by Crippen LogP contribution is 2.23. The number of hydrogen-bond acceptors (Lipinski definition) is 3. The number of amides is 1. The molecule has 0 bridgehead atoms. The number of likely N-dealkylation sites (tertiary alicyclic amines) is 1. The van der Waals surface area contributed by atoms with Crippen LogP contribution in [0.1, 0.15) is 40.7 Å². The molecule has 0 saturated carbocycles. The van der Waals surface area contributed by atoms with Crippen LogP contribution >= 0.6 is 11.6 Å². The van der Waals surface area contributed by atoms with Crippen LogP contribution in [0.5, 0.6) is 0 Å². The smallest absolute Gasteiger partial charge is 0.224 e. The standard InChI is InChI=1S/C30H34ClN3O/c31-29-10-4-3-8-27(29)21-33-16-5-9-28(22-33)30(35)32-18-23-11-13-24(14-12-23)19-34-17-15-25-6-1-2-7-26(25)20-34/h1-4,6-8,10-14,28H,5,9,15-22H2,(H,32,35). The molecule has 1 unspecified atom stereocenters. The van der Waals surface area contributed by atoms with Crippen LogP contribution in [0, 0.1) is 5.92 Å². The summed E-state index contributed by atoms with van der Waals surface area (Å²) < 4.78 is 0. The molecule has 182 valence electrons. The zero-order valence-electron chi connectivity index (χ0n) is 20.3. The van der Waals surface area contributed by atoms with Gasteiger partial charge in [0.2, 0.25) is 5.91 Å². The second-order valence-electron chi connectivity index (χ2n) is 9.93. The van der Waals surface area contributed by atoms with Crippen molar-refractivity contribution in [3.63, 3.8) is 0 Å². The number of hydrogen-bond donors (Lipinski definition) is 1. The predicted molar refractivity (Wildman–Crippen MR) is 142 cm³/mol. The Bertz CT molecular complexity index is 1150. The summed E-state index contributed by atoms with van der Waals surface area (Å²) in [5, 5.41) is 3.97. The van der Waals surface area contributed by atoms with Gasteiger partial charge in [0.25, 0.3) is 0 Å². The molecule has 35 heavy (non-hydrogen) atoms. The molecule has 1 N–H and O–H groups in total. The van der Waals surface area contributed by atoms with Gasteiger partial charge in [0, 0.05) is 44.3 Å². The summed E-state index contributed by atoms with van der Waals surface area (Å²) in [5.41, 5.74) is 6.53. The Morgan fingerprint density at radius 1 is 0.857 bits per heavy atom. The molecule has 1 atom stereocenters. The van der Waals surface area contributed by atoms with Crippen LogP contribution < -0.4 is 5.32 Å². The lowest BCUT2D eigenvalue weighted by molar-refractivity contribution is -0.126. The largest absolute Gasteiger partial charge is 0.352 e. The van der Waals surface area contributed by atoms with Crippen LogP contribution in [-0.2, 0) is 37.4 Å². The first-order valence-electron chi connectivity index (χ1n) is 12.7. The van der Waals surface area contributed by atoms with Gasteiger partial charge in [-0.2, -0.15) is 0 Å². The van der Waals surface area contributed by atoms with Crippen LogP contribution in [0.2, 0.25) is 5.02 Å². The lowest BCUT2D eigenvalue weighted by Gasteiger charge is -2.32. The Morgan fingerprint density at radius 2 is 1.60 bits per heavy atom. The van der Waals surface area contributed by atoms with E-state index in [2.05, 4.69) is 69.7 Å². The van der Waals surface area contributed by atoms with Gasteiger partial charge in [0.05, 0.1) is 5.92 Å². The molecule has 3 aromatic carbocycles. The van der Waals surface area contributed by atoms with Gasteiger partial charge in [-0.15, -0.1) is 0 Å². The third kappa shape index (κ3) is 6.32. The molecule has 0 radical (unpaired) electrons. The first-order chi connectivity index (χ1) is 17.1. The summed E-state index contributed by atoms with van der Waals surface area (Å²) in [6.45, 7) is 6.26. The van der Waals surface area contributed by atoms with Crippen LogP contribution in [0.15, 0.2) is 72.8 Å². The second-order valence-corrected chi connectivity index (χ2v) is 10.3. The van der Waals surface area contributed by atoms with E-state index < -0.39 is 0 Å². The molecule has 2 heterocycles. The fraction of sp³-hybridized carbons (Fsp3) is 0.367. The van der Waals surface area contributed by atoms with Gasteiger partial charge in [0.15, 0.2) is 0 Å². The quantitative estimate of drug-likeness (QED) is 0.483. The number of halogens is 1. The second kappa shape index (κ2) is 11.4. The summed E-state index contributed by atoms with van der Waals surface area (Å²) in [6.07, 6.45) is 3.11. The molecule has 2 aliphatic rings. The summed E-state index contributed by atoms with van der Waals surface area (Å²) in [7, 11) is 0. The molecule has 5 rings (SSSR count). The number of piperidine rings is 1. The summed E-state index contributed by atoms with van der Waals surface area (Å²) >= 11 is 6.34. The molecule has 2 aliphatic heterocycles. The molecule has 0 aliphatic carbocycles. The van der Waals surface area contributed by atoms with Gasteiger partial charge in [0.1, 0.15) is 0 Å². The molecular weight excluding hydrogens is 454 g/mol. The van der Waals surface area contributed by atoms with Crippen molar-refractivity contribution in [3.8, 4) is 0 Å². The maximum absolute atomic E-state index is 12.9. The number of nitrogens with zero attached hydrogens (tertiary/aromatic N) is 2. The van der Waals surface area contributed by atoms with Crippen LogP contribution in [0.4, 0.5) is 0 Å². The Hall–Kier alpha value is -2.66. The lowest BCUT2D eigenvalue weighted by Crippen LogP contribution is -2.42. The molecule has 1 fully saturated rings. The van der Waals surface area contributed by atoms with Gasteiger partial charge in [-0.1, -0.05) is 78.3 Å². The molecule has 1 saturated heterocycles. The average molecular weight is 488 g/mol. The zero-order valence-corrected chi connectivity index (χ0v) is 21.0. The monoisotopic (exact) mass is 487 g/mol. The highest BCUT2D eigenvalue weighted by Gasteiger charge is 2.26. The van der Waals surface area contributed by atoms with Crippen molar-refractivity contribution < 1.29 is 4.79 Å². The van der Waals surface area contributed by atoms with E-state index >= 15 is 0 Å². The van der Waals surface area contributed by atoms with E-state index in [1.54, 1.807) is 0 Å². The fourth-order valence-electron chi connectivity index (χ4n) is 5.32. The third-order valence-electron chi connectivity index (χ3n) is 7.33. The van der Waals surface area contributed by atoms with Gasteiger partial charge < -0.3 is 5.32 Å². The molecule has 3 aromatic rings. The topological polar surface area (TPSA) is 35.6 Å². The minimum atomic E-state index is 0.0347. The Kier molecular flexibility index (Phi) is 7.82. The number of fused-ring (bicyclic) bond motifs is 1. The van der Waals surface area contributed by atoms with Crippen molar-refractivity contribution in [1.82, 2.24) is 15.1 Å². The summed E-state index contributed by atoms with van der Waals surface area (Å²) in [6, 6.07) is 25.4. The number of benzene rings is 3. The van der Waals surface area contributed by atoms with Crippen molar-refractivity contribution in [1.29, 1.82) is 0 Å². The highest BCUT2D eigenvalue weighted by atomic mass is 35.5. The minimum absolute atomic E-state index is 0.0347. The molecular formula is C30H34ClN3O. The fourth-order valence-corrected chi connectivity index (χ4v) is 5.52. The van der Waals surface area contributed by atoms with E-state index in [9.17, 15) is 4.79 Å². The van der Waals surface area contributed by atoms with Crippen molar-refractivity contribution >= 4 is 17.5 Å². The Balaban J connectivity index is 1.09. The van der Waals surface area contributed by atoms with Crippen molar-refractivity contribution in [3.05, 3.63) is 106 Å². The SMILES string of the molecule is O=C(NCc1ccc(CN2CCc3ccccc3C2)cc1)C1CCCN(Cc2ccccc2Cl)C1. The minimum Gasteiger partial charge on any atom is -0.352 e. The van der Waals surface area contributed by atoms with Crippen molar-refractivity contribution in [2.75, 3.05) is 19.6 Å². The Morgan fingerprint density at radius 3 is 2.43 bits per heavy atom. The normalized spacial score (nSPS) is 18.7. The van der Waals surface area contributed by atoms with E-state index in [0.29, 0.717) is 6.54 Å². The van der Waals surface area contributed by atoms with E-state index in [1.165, 1.54) is 16.7 Å². The molecule has 4 nitrogen and oxygen atoms in total. The maximum atomic E-state index is 12.9. The third-order valence-corrected chi connectivity index (χ3v) is 7.70. The van der Waals surface area contributed by atoms with Gasteiger partial charge in [-0.05, 0) is 59.7 Å². The average Bonchev–Trinajstić information content (AvgIpc) is 2.89.